The van der Waals surface area contributed by atoms with Crippen LogP contribution >= 0.6 is 11.6 Å². The third-order valence-electron chi connectivity index (χ3n) is 2.52. The fraction of sp³-hybridized carbons (Fsp3) is 0.214. The molecule has 2 N–H and O–H groups in total. The van der Waals surface area contributed by atoms with Crippen molar-refractivity contribution in [3.8, 4) is 11.8 Å². The summed E-state index contributed by atoms with van der Waals surface area (Å²) in [7, 11) is 0. The van der Waals surface area contributed by atoms with Gasteiger partial charge in [-0.3, -0.25) is 4.68 Å². The van der Waals surface area contributed by atoms with Gasteiger partial charge in [0.15, 0.2) is 0 Å². The van der Waals surface area contributed by atoms with Crippen LogP contribution in [0.15, 0.2) is 30.5 Å². The summed E-state index contributed by atoms with van der Waals surface area (Å²) < 4.78 is 1.83. The smallest absolute Gasteiger partial charge is 0.0815 e. The number of rotatable bonds is 2. The van der Waals surface area contributed by atoms with E-state index in [9.17, 15) is 0 Å². The van der Waals surface area contributed by atoms with E-state index >= 15 is 0 Å². The molecule has 0 radical (unpaired) electrons. The second kappa shape index (κ2) is 5.72. The lowest BCUT2D eigenvalue weighted by Crippen LogP contribution is -2.00. The van der Waals surface area contributed by atoms with Gasteiger partial charge in [-0.05, 0) is 24.6 Å². The minimum absolute atomic E-state index is 0.382. The summed E-state index contributed by atoms with van der Waals surface area (Å²) in [5.41, 5.74) is 8.31. The first-order valence-corrected chi connectivity index (χ1v) is 6.04. The molecule has 2 rings (SSSR count). The van der Waals surface area contributed by atoms with E-state index in [4.69, 9.17) is 17.3 Å². The average Bonchev–Trinajstić information content (AvgIpc) is 2.67. The predicted molar refractivity (Wildman–Crippen MR) is 73.5 cm³/mol. The molecule has 92 valence electrons. The number of aromatic nitrogens is 2. The van der Waals surface area contributed by atoms with Gasteiger partial charge in [-0.15, -0.1) is 0 Å². The Morgan fingerprint density at radius 1 is 1.33 bits per heavy atom. The van der Waals surface area contributed by atoms with Gasteiger partial charge in [0.05, 0.1) is 23.8 Å². The number of nitrogens with zero attached hydrogens (tertiary/aromatic N) is 2. The van der Waals surface area contributed by atoms with E-state index < -0.39 is 0 Å². The maximum atomic E-state index is 5.96. The highest BCUT2D eigenvalue weighted by Gasteiger charge is 2.02. The molecule has 18 heavy (non-hydrogen) atoms. The van der Waals surface area contributed by atoms with Crippen molar-refractivity contribution in [1.82, 2.24) is 9.78 Å². The summed E-state index contributed by atoms with van der Waals surface area (Å²) in [5.74, 6) is 5.82. The Kier molecular flexibility index (Phi) is 4.03. The molecule has 3 nitrogen and oxygen atoms in total. The molecular formula is C14H14ClN3. The fourth-order valence-corrected chi connectivity index (χ4v) is 1.76. The van der Waals surface area contributed by atoms with Crippen LogP contribution < -0.4 is 5.73 Å². The van der Waals surface area contributed by atoms with Crippen LogP contribution in [0, 0.1) is 18.8 Å². The van der Waals surface area contributed by atoms with Crippen molar-refractivity contribution in [2.24, 2.45) is 5.73 Å². The fourth-order valence-electron chi connectivity index (χ4n) is 1.61. The molecule has 1 aromatic heterocycles. The van der Waals surface area contributed by atoms with Gasteiger partial charge in [0, 0.05) is 11.8 Å². The van der Waals surface area contributed by atoms with E-state index in [1.54, 1.807) is 0 Å². The van der Waals surface area contributed by atoms with Crippen LogP contribution in [-0.2, 0) is 6.54 Å². The molecule has 0 atom stereocenters. The Bertz CT molecular complexity index is 568. The van der Waals surface area contributed by atoms with Gasteiger partial charge in [0.25, 0.3) is 0 Å². The zero-order valence-electron chi connectivity index (χ0n) is 10.2. The van der Waals surface area contributed by atoms with Gasteiger partial charge < -0.3 is 5.73 Å². The second-order valence-corrected chi connectivity index (χ2v) is 4.37. The van der Waals surface area contributed by atoms with Crippen LogP contribution in [-0.4, -0.2) is 16.3 Å². The molecular weight excluding hydrogens is 246 g/mol. The zero-order chi connectivity index (χ0) is 13.0. The number of hydrogen-bond acceptors (Lipinski definition) is 2. The minimum Gasteiger partial charge on any atom is -0.320 e. The number of aryl methyl sites for hydroxylation is 1. The van der Waals surface area contributed by atoms with Crippen molar-refractivity contribution in [2.45, 2.75) is 13.5 Å². The van der Waals surface area contributed by atoms with Crippen LogP contribution in [0.5, 0.6) is 0 Å². The standard InChI is InChI=1S/C14H14ClN3/c1-11-14(15)10-18(17-11)9-13-6-4-12(5-7-13)3-2-8-16/h4-7,10H,8-9,16H2,1H3. The molecule has 1 aromatic carbocycles. The molecule has 0 saturated carbocycles. The highest BCUT2D eigenvalue weighted by atomic mass is 35.5. The van der Waals surface area contributed by atoms with Crippen LogP contribution in [0.2, 0.25) is 5.02 Å². The van der Waals surface area contributed by atoms with Crippen molar-refractivity contribution in [3.05, 3.63) is 52.3 Å². The maximum Gasteiger partial charge on any atom is 0.0815 e. The van der Waals surface area contributed by atoms with Gasteiger partial charge in [-0.1, -0.05) is 35.6 Å². The van der Waals surface area contributed by atoms with Crippen LogP contribution in [0.25, 0.3) is 0 Å². The summed E-state index contributed by atoms with van der Waals surface area (Å²) in [6, 6.07) is 8.03. The highest BCUT2D eigenvalue weighted by Crippen LogP contribution is 2.13. The van der Waals surface area contributed by atoms with E-state index in [1.165, 1.54) is 0 Å². The molecule has 0 spiro atoms. The Morgan fingerprint density at radius 2 is 2.06 bits per heavy atom. The first-order chi connectivity index (χ1) is 8.69. The minimum atomic E-state index is 0.382. The number of nitrogens with two attached hydrogens (primary N) is 1. The lowest BCUT2D eigenvalue weighted by Gasteiger charge is -2.01. The molecule has 0 fully saturated rings. The second-order valence-electron chi connectivity index (χ2n) is 3.96. The third-order valence-corrected chi connectivity index (χ3v) is 2.89. The quantitative estimate of drug-likeness (QED) is 0.841. The van der Waals surface area contributed by atoms with E-state index in [-0.39, 0.29) is 0 Å². The van der Waals surface area contributed by atoms with E-state index in [0.29, 0.717) is 18.1 Å². The van der Waals surface area contributed by atoms with Crippen molar-refractivity contribution in [2.75, 3.05) is 6.54 Å². The summed E-state index contributed by atoms with van der Waals surface area (Å²) in [4.78, 5) is 0. The molecule has 0 aliphatic heterocycles. The van der Waals surface area contributed by atoms with Gasteiger partial charge >= 0.3 is 0 Å². The molecule has 0 saturated heterocycles. The lowest BCUT2D eigenvalue weighted by molar-refractivity contribution is 0.679. The number of hydrogen-bond donors (Lipinski definition) is 1. The Hall–Kier alpha value is -1.76. The average molecular weight is 260 g/mol. The predicted octanol–water partition coefficient (Wildman–Crippen LogP) is 2.20. The Labute approximate surface area is 112 Å². The van der Waals surface area contributed by atoms with Crippen molar-refractivity contribution in [3.63, 3.8) is 0 Å². The number of benzene rings is 1. The SMILES string of the molecule is Cc1nn(Cc2ccc(C#CCN)cc2)cc1Cl. The van der Waals surface area contributed by atoms with Crippen LogP contribution in [0.4, 0.5) is 0 Å². The number of halogens is 1. The first kappa shape index (κ1) is 12.7. The third kappa shape index (κ3) is 3.13. The van der Waals surface area contributed by atoms with Crippen molar-refractivity contribution < 1.29 is 0 Å². The van der Waals surface area contributed by atoms with Crippen LogP contribution in [0.3, 0.4) is 0 Å². The van der Waals surface area contributed by atoms with Crippen molar-refractivity contribution in [1.29, 1.82) is 0 Å². The molecule has 2 aromatic rings. The molecule has 0 aliphatic carbocycles. The van der Waals surface area contributed by atoms with Gasteiger partial charge in [0.2, 0.25) is 0 Å². The first-order valence-electron chi connectivity index (χ1n) is 5.66. The maximum absolute atomic E-state index is 5.96. The van der Waals surface area contributed by atoms with Crippen LogP contribution in [0.1, 0.15) is 16.8 Å². The monoisotopic (exact) mass is 259 g/mol. The van der Waals surface area contributed by atoms with Gasteiger partial charge in [-0.25, -0.2) is 0 Å². The molecule has 0 amide bonds. The van der Waals surface area contributed by atoms with Gasteiger partial charge in [0.1, 0.15) is 0 Å². The van der Waals surface area contributed by atoms with E-state index in [0.717, 1.165) is 16.8 Å². The summed E-state index contributed by atoms with van der Waals surface area (Å²) in [6.45, 7) is 2.98. The topological polar surface area (TPSA) is 43.8 Å². The summed E-state index contributed by atoms with van der Waals surface area (Å²) in [6.07, 6.45) is 1.83. The normalized spacial score (nSPS) is 9.94. The molecule has 0 aliphatic rings. The Morgan fingerprint density at radius 3 is 2.61 bits per heavy atom. The summed E-state index contributed by atoms with van der Waals surface area (Å²) in [5, 5.41) is 5.01. The van der Waals surface area contributed by atoms with Crippen molar-refractivity contribution >= 4 is 11.6 Å². The largest absolute Gasteiger partial charge is 0.320 e. The molecule has 1 heterocycles. The molecule has 0 bridgehead atoms. The molecule has 4 heteroatoms. The Balaban J connectivity index is 2.10. The lowest BCUT2D eigenvalue weighted by atomic mass is 10.1. The highest BCUT2D eigenvalue weighted by molar-refractivity contribution is 6.31. The molecule has 0 unspecified atom stereocenters. The van der Waals surface area contributed by atoms with E-state index in [2.05, 4.69) is 16.9 Å². The zero-order valence-corrected chi connectivity index (χ0v) is 10.9. The summed E-state index contributed by atoms with van der Waals surface area (Å²) >= 11 is 5.96. The van der Waals surface area contributed by atoms with E-state index in [1.807, 2.05) is 42.1 Å². The van der Waals surface area contributed by atoms with Gasteiger partial charge in [-0.2, -0.15) is 5.10 Å².